The molecule has 0 unspecified atom stereocenters. The van der Waals surface area contributed by atoms with Crippen molar-refractivity contribution in [2.75, 3.05) is 0 Å². The Hall–Kier alpha value is -1.91. The van der Waals surface area contributed by atoms with Gasteiger partial charge in [-0.2, -0.15) is 0 Å². The third-order valence-corrected chi connectivity index (χ3v) is 5.02. The topological polar surface area (TPSA) is 66.5 Å². The summed E-state index contributed by atoms with van der Waals surface area (Å²) in [6.45, 7) is 12.3. The number of aromatic hydroxyl groups is 2. The number of fused-ring (bicyclic) bond motifs is 1. The van der Waals surface area contributed by atoms with Crippen molar-refractivity contribution in [2.45, 2.75) is 52.4 Å². The molecule has 0 aliphatic carbocycles. The third-order valence-electron chi connectivity index (χ3n) is 4.51. The summed E-state index contributed by atoms with van der Waals surface area (Å²) in [4.78, 5) is 4.48. The van der Waals surface area contributed by atoms with Crippen LogP contribution in [0.3, 0.4) is 0 Å². The van der Waals surface area contributed by atoms with E-state index in [4.69, 9.17) is 27.6 Å². The van der Waals surface area contributed by atoms with Gasteiger partial charge in [0.05, 0.1) is 10.6 Å². The molecule has 4 nitrogen and oxygen atoms in total. The number of aromatic nitrogens is 1. The van der Waals surface area contributed by atoms with Crippen LogP contribution in [0.1, 0.15) is 52.7 Å². The lowest BCUT2D eigenvalue weighted by Crippen LogP contribution is -2.16. The molecule has 0 aliphatic rings. The molecular formula is C21H23Cl2NO3. The number of rotatable bonds is 1. The SMILES string of the molecule is CC(C)(C)c1cc(C(C)(C)C)c2oc(-c3cc(Cl)cc(Cl)c3O)nc2c1O. The summed E-state index contributed by atoms with van der Waals surface area (Å²) in [5.41, 5.74) is 2.31. The molecule has 0 fully saturated rings. The van der Waals surface area contributed by atoms with Gasteiger partial charge >= 0.3 is 0 Å². The molecule has 0 atom stereocenters. The van der Waals surface area contributed by atoms with Crippen LogP contribution >= 0.6 is 23.2 Å². The summed E-state index contributed by atoms with van der Waals surface area (Å²) >= 11 is 12.1. The van der Waals surface area contributed by atoms with Crippen LogP contribution < -0.4 is 0 Å². The molecule has 1 heterocycles. The number of oxazole rings is 1. The van der Waals surface area contributed by atoms with Crippen molar-refractivity contribution in [1.29, 1.82) is 0 Å². The third kappa shape index (κ3) is 3.48. The molecule has 6 heteroatoms. The zero-order valence-corrected chi connectivity index (χ0v) is 17.7. The number of nitrogens with zero attached hydrogens (tertiary/aromatic N) is 1. The maximum Gasteiger partial charge on any atom is 0.231 e. The Bertz CT molecular complexity index is 1040. The van der Waals surface area contributed by atoms with Crippen molar-refractivity contribution in [3.05, 3.63) is 39.4 Å². The predicted molar refractivity (Wildman–Crippen MR) is 110 cm³/mol. The van der Waals surface area contributed by atoms with Gasteiger partial charge in [0.2, 0.25) is 5.89 Å². The van der Waals surface area contributed by atoms with Gasteiger partial charge in [-0.1, -0.05) is 64.7 Å². The Balaban J connectivity index is 2.40. The Morgan fingerprint density at radius 1 is 0.852 bits per heavy atom. The average molecular weight is 408 g/mol. The molecule has 0 saturated carbocycles. The minimum atomic E-state index is -0.279. The van der Waals surface area contributed by atoms with Crippen molar-refractivity contribution in [3.63, 3.8) is 0 Å². The Kier molecular flexibility index (Phi) is 4.64. The number of phenols is 2. The molecule has 144 valence electrons. The molecule has 0 radical (unpaired) electrons. The van der Waals surface area contributed by atoms with Gasteiger partial charge in [-0.15, -0.1) is 0 Å². The van der Waals surface area contributed by atoms with Gasteiger partial charge in [-0.3, -0.25) is 0 Å². The second-order valence-electron chi connectivity index (χ2n) is 8.80. The second-order valence-corrected chi connectivity index (χ2v) is 9.64. The Labute approximate surface area is 168 Å². The zero-order valence-electron chi connectivity index (χ0n) is 16.2. The maximum atomic E-state index is 10.9. The van der Waals surface area contributed by atoms with E-state index in [2.05, 4.69) is 25.8 Å². The first-order valence-electron chi connectivity index (χ1n) is 8.66. The van der Waals surface area contributed by atoms with Gasteiger partial charge in [0.1, 0.15) is 11.5 Å². The highest BCUT2D eigenvalue weighted by molar-refractivity contribution is 6.36. The van der Waals surface area contributed by atoms with Gasteiger partial charge in [0, 0.05) is 16.1 Å². The molecule has 0 amide bonds. The first-order chi connectivity index (χ1) is 12.3. The largest absolute Gasteiger partial charge is 0.506 e. The number of hydrogen-bond donors (Lipinski definition) is 2. The molecule has 2 N–H and O–H groups in total. The van der Waals surface area contributed by atoms with E-state index in [9.17, 15) is 10.2 Å². The average Bonchev–Trinajstić information content (AvgIpc) is 2.94. The maximum absolute atomic E-state index is 10.9. The normalized spacial score (nSPS) is 12.7. The first-order valence-corrected chi connectivity index (χ1v) is 9.42. The highest BCUT2D eigenvalue weighted by Gasteiger charge is 2.30. The van der Waals surface area contributed by atoms with Crippen molar-refractivity contribution in [3.8, 4) is 23.0 Å². The standard InChI is InChI=1S/C21H23Cl2NO3/c1-20(2,3)12-9-13(21(4,5)6)18-15(17(12)26)24-19(27-18)11-7-10(22)8-14(23)16(11)25/h7-9,25-26H,1-6H3. The smallest absolute Gasteiger partial charge is 0.231 e. The molecule has 27 heavy (non-hydrogen) atoms. The van der Waals surface area contributed by atoms with E-state index in [0.29, 0.717) is 16.1 Å². The van der Waals surface area contributed by atoms with Gasteiger partial charge in [0.25, 0.3) is 0 Å². The fourth-order valence-corrected chi connectivity index (χ4v) is 3.54. The van der Waals surface area contributed by atoms with E-state index in [1.807, 2.05) is 26.8 Å². The van der Waals surface area contributed by atoms with Gasteiger partial charge in [-0.05, 0) is 29.0 Å². The molecule has 3 aromatic rings. The lowest BCUT2D eigenvalue weighted by atomic mass is 9.79. The summed E-state index contributed by atoms with van der Waals surface area (Å²) in [5.74, 6) is 0.0624. The van der Waals surface area contributed by atoms with E-state index < -0.39 is 0 Å². The number of hydrogen-bond acceptors (Lipinski definition) is 4. The van der Waals surface area contributed by atoms with E-state index in [1.54, 1.807) is 0 Å². The van der Waals surface area contributed by atoms with E-state index >= 15 is 0 Å². The van der Waals surface area contributed by atoms with Gasteiger partial charge in [0.15, 0.2) is 11.1 Å². The minimum absolute atomic E-state index is 0.0770. The van der Waals surface area contributed by atoms with Gasteiger partial charge in [-0.25, -0.2) is 4.98 Å². The van der Waals surface area contributed by atoms with Gasteiger partial charge < -0.3 is 14.6 Å². The molecule has 0 bridgehead atoms. The summed E-state index contributed by atoms with van der Waals surface area (Å²) in [5, 5.41) is 21.7. The number of phenolic OH excluding ortho intramolecular Hbond substituents is 2. The molecule has 1 aromatic heterocycles. The van der Waals surface area contributed by atoms with Crippen LogP contribution in [0.25, 0.3) is 22.6 Å². The lowest BCUT2D eigenvalue weighted by molar-refractivity contribution is 0.449. The zero-order chi connectivity index (χ0) is 20.3. The molecule has 2 aromatic carbocycles. The highest BCUT2D eigenvalue weighted by atomic mass is 35.5. The summed E-state index contributed by atoms with van der Waals surface area (Å²) in [7, 11) is 0. The molecule has 3 rings (SSSR count). The number of benzene rings is 2. The van der Waals surface area contributed by atoms with E-state index in [1.165, 1.54) is 12.1 Å². The molecule has 0 saturated heterocycles. The minimum Gasteiger partial charge on any atom is -0.506 e. The monoisotopic (exact) mass is 407 g/mol. The Morgan fingerprint density at radius 3 is 2.00 bits per heavy atom. The van der Waals surface area contributed by atoms with Crippen molar-refractivity contribution in [2.24, 2.45) is 0 Å². The van der Waals surface area contributed by atoms with Crippen molar-refractivity contribution < 1.29 is 14.6 Å². The van der Waals surface area contributed by atoms with Crippen LogP contribution in [0.15, 0.2) is 22.6 Å². The lowest BCUT2D eigenvalue weighted by Gasteiger charge is -2.25. The van der Waals surface area contributed by atoms with Crippen molar-refractivity contribution >= 4 is 34.3 Å². The first kappa shape index (κ1) is 19.8. The summed E-state index contributed by atoms with van der Waals surface area (Å²) in [6.07, 6.45) is 0. The summed E-state index contributed by atoms with van der Waals surface area (Å²) < 4.78 is 6.00. The van der Waals surface area contributed by atoms with Crippen LogP contribution in [0.5, 0.6) is 11.5 Å². The molecular weight excluding hydrogens is 385 g/mol. The van der Waals surface area contributed by atoms with Crippen LogP contribution in [0.4, 0.5) is 0 Å². The second kappa shape index (κ2) is 6.32. The van der Waals surface area contributed by atoms with Crippen molar-refractivity contribution in [1.82, 2.24) is 4.98 Å². The van der Waals surface area contributed by atoms with Crippen LogP contribution in [-0.4, -0.2) is 15.2 Å². The molecule has 0 spiro atoms. The Morgan fingerprint density at radius 2 is 1.44 bits per heavy atom. The predicted octanol–water partition coefficient (Wildman–Crippen LogP) is 6.81. The fourth-order valence-electron chi connectivity index (χ4n) is 3.04. The number of halogens is 2. The van der Waals surface area contributed by atoms with Crippen LogP contribution in [0.2, 0.25) is 10.0 Å². The summed E-state index contributed by atoms with van der Waals surface area (Å²) in [6, 6.07) is 4.95. The highest BCUT2D eigenvalue weighted by Crippen LogP contribution is 2.45. The van der Waals surface area contributed by atoms with Crippen LogP contribution in [0, 0.1) is 0 Å². The van der Waals surface area contributed by atoms with E-state index in [0.717, 1.165) is 11.1 Å². The quantitative estimate of drug-likeness (QED) is 0.464. The fraction of sp³-hybridized carbons (Fsp3) is 0.381. The van der Waals surface area contributed by atoms with E-state index in [-0.39, 0.29) is 38.8 Å². The van der Waals surface area contributed by atoms with Crippen LogP contribution in [-0.2, 0) is 10.8 Å². The molecule has 0 aliphatic heterocycles.